The number of carbonyl (C=O) groups excluding carboxylic acids is 1. The van der Waals surface area contributed by atoms with Crippen molar-refractivity contribution < 1.29 is 38.5 Å². The Balaban J connectivity index is 2.98. The average molecular weight is 327 g/mol. The Kier molecular flexibility index (Phi) is 6.73. The molecule has 1 fully saturated rings. The van der Waals surface area contributed by atoms with Crippen molar-refractivity contribution >= 4 is 13.5 Å². The summed E-state index contributed by atoms with van der Waals surface area (Å²) in [5, 5.41) is 31.5. The van der Waals surface area contributed by atoms with Crippen LogP contribution in [0.3, 0.4) is 0 Å². The minimum absolute atomic E-state index is 0.245. The van der Waals surface area contributed by atoms with Crippen LogP contribution >= 0.6 is 7.60 Å². The van der Waals surface area contributed by atoms with Crippen LogP contribution in [0.1, 0.15) is 6.92 Å². The molecule has 0 aromatic rings. The number of aliphatic hydroxyl groups excluding tert-OH is 3. The van der Waals surface area contributed by atoms with Crippen LogP contribution in [0, 0.1) is 0 Å². The van der Waals surface area contributed by atoms with Gasteiger partial charge in [0.25, 0.3) is 0 Å². The first kappa shape index (κ1) is 18.5. The molecule has 1 heterocycles. The summed E-state index contributed by atoms with van der Waals surface area (Å²) in [6.07, 6.45) is -5.02. The maximum absolute atomic E-state index is 12.2. The lowest BCUT2D eigenvalue weighted by atomic mass is 9.93. The quantitative estimate of drug-likeness (QED) is 0.431. The molecule has 1 rings (SSSR count). The third kappa shape index (κ3) is 4.46. The Morgan fingerprint density at radius 2 is 1.81 bits per heavy atom. The molecule has 21 heavy (non-hydrogen) atoms. The number of ether oxygens (including phenoxy) is 1. The summed E-state index contributed by atoms with van der Waals surface area (Å²) in [5.74, 6) is -0.452. The average Bonchev–Trinajstić information content (AvgIpc) is 2.46. The van der Waals surface area contributed by atoms with E-state index in [0.29, 0.717) is 0 Å². The molecule has 1 saturated heterocycles. The number of hydrogen-bond donors (Lipinski definition) is 4. The van der Waals surface area contributed by atoms with E-state index in [2.05, 4.69) is 5.32 Å². The Bertz CT molecular complexity index is 398. The number of aliphatic hydroxyl groups is 3. The van der Waals surface area contributed by atoms with Gasteiger partial charge in [0.2, 0.25) is 5.91 Å². The number of rotatable bonds is 6. The molecular weight excluding hydrogens is 305 g/mol. The van der Waals surface area contributed by atoms with Crippen LogP contribution in [-0.4, -0.2) is 78.7 Å². The number of carbonyl (C=O) groups is 1. The predicted molar refractivity (Wildman–Crippen MR) is 71.9 cm³/mol. The van der Waals surface area contributed by atoms with Crippen molar-refractivity contribution in [3.05, 3.63) is 0 Å². The standard InChI is InChI=1S/C11H22NO8P/c1-6(14)12-9-8(5-21(17,18-2)19-3)20-7(4-13)10(15)11(9)16/h7-11,13,15-16H,4-5H2,1-3H3,(H,12,14)/t7-,8+,9+,10-,11-/m1/s1. The highest BCUT2D eigenvalue weighted by Crippen LogP contribution is 2.48. The summed E-state index contributed by atoms with van der Waals surface area (Å²) < 4.78 is 27.2. The summed E-state index contributed by atoms with van der Waals surface area (Å²) in [6.45, 7) is 0.701. The van der Waals surface area contributed by atoms with Gasteiger partial charge in [0.1, 0.15) is 18.3 Å². The van der Waals surface area contributed by atoms with Gasteiger partial charge in [0.15, 0.2) is 0 Å². The highest BCUT2D eigenvalue weighted by Gasteiger charge is 2.47. The van der Waals surface area contributed by atoms with E-state index in [4.69, 9.17) is 18.9 Å². The largest absolute Gasteiger partial charge is 0.394 e. The van der Waals surface area contributed by atoms with Crippen LogP contribution in [0.2, 0.25) is 0 Å². The Morgan fingerprint density at radius 3 is 2.24 bits per heavy atom. The third-order valence-electron chi connectivity index (χ3n) is 3.36. The first-order valence-electron chi connectivity index (χ1n) is 6.38. The molecule has 1 aliphatic rings. The summed E-state index contributed by atoms with van der Waals surface area (Å²) >= 11 is 0. The second kappa shape index (κ2) is 7.64. The van der Waals surface area contributed by atoms with Gasteiger partial charge in [-0.05, 0) is 0 Å². The Labute approximate surface area is 122 Å². The molecule has 0 aliphatic carbocycles. The topological polar surface area (TPSA) is 135 Å². The Morgan fingerprint density at radius 1 is 1.24 bits per heavy atom. The zero-order valence-electron chi connectivity index (χ0n) is 12.1. The first-order chi connectivity index (χ1) is 9.77. The molecule has 4 N–H and O–H groups in total. The summed E-state index contributed by atoms with van der Waals surface area (Å²) in [5.41, 5.74) is 0. The fourth-order valence-electron chi connectivity index (χ4n) is 2.21. The highest BCUT2D eigenvalue weighted by atomic mass is 31.2. The minimum Gasteiger partial charge on any atom is -0.394 e. The fourth-order valence-corrected chi connectivity index (χ4v) is 3.41. The van der Waals surface area contributed by atoms with Gasteiger partial charge in [-0.15, -0.1) is 0 Å². The molecule has 10 heteroatoms. The molecule has 5 atom stereocenters. The zero-order valence-corrected chi connectivity index (χ0v) is 13.0. The molecule has 0 bridgehead atoms. The third-order valence-corrected chi connectivity index (χ3v) is 5.28. The van der Waals surface area contributed by atoms with Crippen LogP contribution in [0.15, 0.2) is 0 Å². The molecule has 0 aromatic heterocycles. The zero-order chi connectivity index (χ0) is 16.2. The van der Waals surface area contributed by atoms with Gasteiger partial charge < -0.3 is 34.4 Å². The van der Waals surface area contributed by atoms with E-state index in [9.17, 15) is 19.6 Å². The minimum atomic E-state index is -3.46. The second-order valence-corrected chi connectivity index (χ2v) is 7.08. The van der Waals surface area contributed by atoms with E-state index in [1.165, 1.54) is 21.1 Å². The van der Waals surface area contributed by atoms with Gasteiger partial charge in [-0.2, -0.15) is 0 Å². The van der Waals surface area contributed by atoms with Crippen LogP contribution < -0.4 is 5.32 Å². The van der Waals surface area contributed by atoms with Gasteiger partial charge in [-0.3, -0.25) is 9.36 Å². The highest BCUT2D eigenvalue weighted by molar-refractivity contribution is 7.53. The van der Waals surface area contributed by atoms with Crippen molar-refractivity contribution in [1.82, 2.24) is 5.32 Å². The van der Waals surface area contributed by atoms with Gasteiger partial charge in [0.05, 0.1) is 24.9 Å². The smallest absolute Gasteiger partial charge is 0.332 e. The van der Waals surface area contributed by atoms with Crippen LogP contribution in [0.25, 0.3) is 0 Å². The van der Waals surface area contributed by atoms with Crippen molar-refractivity contribution in [2.75, 3.05) is 27.0 Å². The summed E-state index contributed by atoms with van der Waals surface area (Å²) in [7, 11) is -1.06. The molecular formula is C11H22NO8P. The Hall–Kier alpha value is -0.540. The van der Waals surface area contributed by atoms with E-state index in [1.54, 1.807) is 0 Å². The SMILES string of the molecule is COP(=O)(C[C@@H]1O[C@H](CO)[C@@H](O)[C@H](O)[C@H]1NC(C)=O)OC. The normalized spacial score (nSPS) is 33.7. The van der Waals surface area contributed by atoms with Crippen LogP contribution in [0.5, 0.6) is 0 Å². The lowest BCUT2D eigenvalue weighted by Gasteiger charge is -2.43. The molecule has 0 aromatic carbocycles. The monoisotopic (exact) mass is 327 g/mol. The molecule has 1 aliphatic heterocycles. The summed E-state index contributed by atoms with van der Waals surface area (Å²) in [4.78, 5) is 11.2. The van der Waals surface area contributed by atoms with Gasteiger partial charge in [-0.1, -0.05) is 0 Å². The molecule has 0 radical (unpaired) electrons. The van der Waals surface area contributed by atoms with Crippen molar-refractivity contribution in [3.8, 4) is 0 Å². The predicted octanol–water partition coefficient (Wildman–Crippen LogP) is -1.54. The molecule has 0 spiro atoms. The molecule has 9 nitrogen and oxygen atoms in total. The number of nitrogens with one attached hydrogen (secondary N) is 1. The van der Waals surface area contributed by atoms with Crippen molar-refractivity contribution in [2.24, 2.45) is 0 Å². The molecule has 1 amide bonds. The second-order valence-electron chi connectivity index (χ2n) is 4.76. The summed E-state index contributed by atoms with van der Waals surface area (Å²) in [6, 6.07) is -1.00. The van der Waals surface area contributed by atoms with E-state index in [-0.39, 0.29) is 6.16 Å². The van der Waals surface area contributed by atoms with Crippen molar-refractivity contribution in [2.45, 2.75) is 37.4 Å². The van der Waals surface area contributed by atoms with Crippen molar-refractivity contribution in [1.29, 1.82) is 0 Å². The molecule has 0 unspecified atom stereocenters. The molecule has 0 saturated carbocycles. The van der Waals surface area contributed by atoms with E-state index in [1.807, 2.05) is 0 Å². The first-order valence-corrected chi connectivity index (χ1v) is 8.11. The fraction of sp³-hybridized carbons (Fsp3) is 0.909. The molecule has 124 valence electrons. The lowest BCUT2D eigenvalue weighted by Crippen LogP contribution is -2.64. The van der Waals surface area contributed by atoms with Crippen LogP contribution in [-0.2, 0) is 23.1 Å². The van der Waals surface area contributed by atoms with Gasteiger partial charge in [0, 0.05) is 21.1 Å². The van der Waals surface area contributed by atoms with Gasteiger partial charge >= 0.3 is 7.60 Å². The number of amides is 1. The maximum Gasteiger partial charge on any atom is 0.332 e. The van der Waals surface area contributed by atoms with E-state index < -0.39 is 50.6 Å². The maximum atomic E-state index is 12.2. The number of hydrogen-bond acceptors (Lipinski definition) is 8. The van der Waals surface area contributed by atoms with Gasteiger partial charge in [-0.25, -0.2) is 0 Å². The van der Waals surface area contributed by atoms with Crippen LogP contribution in [0.4, 0.5) is 0 Å². The van der Waals surface area contributed by atoms with E-state index >= 15 is 0 Å². The lowest BCUT2D eigenvalue weighted by molar-refractivity contribution is -0.190. The van der Waals surface area contributed by atoms with E-state index in [0.717, 1.165) is 0 Å². The van der Waals surface area contributed by atoms with Crippen molar-refractivity contribution in [3.63, 3.8) is 0 Å².